The van der Waals surface area contributed by atoms with Gasteiger partial charge in [0, 0.05) is 52.5 Å². The molecule has 1 atom stereocenters. The van der Waals surface area contributed by atoms with Crippen molar-refractivity contribution in [2.24, 2.45) is 4.99 Å². The van der Waals surface area contributed by atoms with Crippen molar-refractivity contribution in [3.63, 3.8) is 0 Å². The van der Waals surface area contributed by atoms with Crippen LogP contribution in [0.1, 0.15) is 33.7 Å². The fourth-order valence-electron chi connectivity index (χ4n) is 5.16. The molecular weight excluding hydrogens is 440 g/mol. The fourth-order valence-corrected chi connectivity index (χ4v) is 5.16. The number of benzene rings is 4. The zero-order chi connectivity index (χ0) is 24.3. The second kappa shape index (κ2) is 9.71. The van der Waals surface area contributed by atoms with Gasteiger partial charge >= 0.3 is 0 Å². The summed E-state index contributed by atoms with van der Waals surface area (Å²) in [5, 5.41) is 1.27. The van der Waals surface area contributed by atoms with Gasteiger partial charge in [0.25, 0.3) is 0 Å². The van der Waals surface area contributed by atoms with Crippen molar-refractivity contribution in [3.8, 4) is 5.75 Å². The van der Waals surface area contributed by atoms with E-state index in [4.69, 9.17) is 9.73 Å². The van der Waals surface area contributed by atoms with E-state index in [-0.39, 0.29) is 5.92 Å². The fraction of sp³-hybridized carbons (Fsp3) is 0.121. The number of allylic oxidation sites excluding steroid dienone is 1. The highest BCUT2D eigenvalue weighted by Gasteiger charge is 2.31. The lowest BCUT2D eigenvalue weighted by Crippen LogP contribution is -2.18. The quantitative estimate of drug-likeness (QED) is 0.254. The number of H-pyrrole nitrogens is 1. The Kier molecular flexibility index (Phi) is 5.96. The van der Waals surface area contributed by atoms with Crippen molar-refractivity contribution in [2.45, 2.75) is 19.3 Å². The van der Waals surface area contributed by atoms with E-state index in [1.54, 1.807) is 0 Å². The standard InChI is InChI=1S/C33H28N2O/c1-23-11-5-6-14-26(23)32-28-16-8-10-18-31(28)36-33(24-12-3-2-4-13-24)29(32)22-34-20-19-25-21-35-30-17-9-7-15-27(25)30/h2-18,21-22,32,35H,19-20H2,1H3/t32-/m0/s1. The highest BCUT2D eigenvalue weighted by atomic mass is 16.5. The summed E-state index contributed by atoms with van der Waals surface area (Å²) in [5.41, 5.74) is 8.32. The Labute approximate surface area is 211 Å². The average molecular weight is 469 g/mol. The summed E-state index contributed by atoms with van der Waals surface area (Å²) in [7, 11) is 0. The molecule has 0 saturated heterocycles. The molecule has 4 aromatic carbocycles. The molecule has 1 aromatic heterocycles. The second-order valence-corrected chi connectivity index (χ2v) is 9.22. The van der Waals surface area contributed by atoms with Gasteiger partial charge in [-0.25, -0.2) is 0 Å². The third-order valence-corrected chi connectivity index (χ3v) is 6.97. The Bertz CT molecular complexity index is 1580. The Morgan fingerprint density at radius 1 is 0.806 bits per heavy atom. The number of fused-ring (bicyclic) bond motifs is 2. The summed E-state index contributed by atoms with van der Waals surface area (Å²) in [6.45, 7) is 2.89. The molecular formula is C33H28N2O. The molecule has 6 rings (SSSR count). The lowest BCUT2D eigenvalue weighted by atomic mass is 9.80. The van der Waals surface area contributed by atoms with Gasteiger partial charge in [-0.3, -0.25) is 4.99 Å². The molecule has 0 unspecified atom stereocenters. The first-order valence-corrected chi connectivity index (χ1v) is 12.5. The summed E-state index contributed by atoms with van der Waals surface area (Å²) < 4.78 is 6.57. The molecule has 3 heteroatoms. The Balaban J connectivity index is 1.42. The zero-order valence-electron chi connectivity index (χ0n) is 20.3. The predicted octanol–water partition coefficient (Wildman–Crippen LogP) is 7.73. The number of hydrogen-bond acceptors (Lipinski definition) is 2. The van der Waals surface area contributed by atoms with Gasteiger partial charge in [-0.2, -0.15) is 0 Å². The first kappa shape index (κ1) is 22.1. The Morgan fingerprint density at radius 2 is 1.53 bits per heavy atom. The predicted molar refractivity (Wildman–Crippen MR) is 149 cm³/mol. The van der Waals surface area contributed by atoms with Gasteiger partial charge in [0.15, 0.2) is 0 Å². The molecule has 3 nitrogen and oxygen atoms in total. The van der Waals surface area contributed by atoms with E-state index in [0.29, 0.717) is 6.54 Å². The third kappa shape index (κ3) is 4.14. The highest BCUT2D eigenvalue weighted by molar-refractivity contribution is 5.94. The van der Waals surface area contributed by atoms with Gasteiger partial charge in [-0.15, -0.1) is 0 Å². The van der Waals surface area contributed by atoms with E-state index >= 15 is 0 Å². The van der Waals surface area contributed by atoms with Crippen LogP contribution >= 0.6 is 0 Å². The minimum Gasteiger partial charge on any atom is -0.456 e. The monoisotopic (exact) mass is 468 g/mol. The summed E-state index contributed by atoms with van der Waals surface area (Å²) >= 11 is 0. The maximum absolute atomic E-state index is 6.57. The first-order valence-electron chi connectivity index (χ1n) is 12.5. The summed E-state index contributed by atoms with van der Waals surface area (Å²) in [4.78, 5) is 8.33. The summed E-state index contributed by atoms with van der Waals surface area (Å²) in [6.07, 6.45) is 5.02. The minimum atomic E-state index is 0.0446. The number of ether oxygens (including phenoxy) is 1. The van der Waals surface area contributed by atoms with Crippen molar-refractivity contribution in [1.82, 2.24) is 4.98 Å². The number of nitrogens with zero attached hydrogens (tertiary/aromatic N) is 1. The van der Waals surface area contributed by atoms with Gasteiger partial charge in [-0.1, -0.05) is 91.0 Å². The normalized spacial score (nSPS) is 15.3. The molecule has 1 N–H and O–H groups in total. The summed E-state index contributed by atoms with van der Waals surface area (Å²) in [6, 6.07) is 35.8. The Hall–Kier alpha value is -4.37. The van der Waals surface area contributed by atoms with Gasteiger partial charge in [0.05, 0.1) is 0 Å². The zero-order valence-corrected chi connectivity index (χ0v) is 20.3. The van der Waals surface area contributed by atoms with Gasteiger partial charge in [0.2, 0.25) is 0 Å². The lowest BCUT2D eigenvalue weighted by molar-refractivity contribution is 0.488. The summed E-state index contributed by atoms with van der Waals surface area (Å²) in [5.74, 6) is 1.82. The molecule has 0 radical (unpaired) electrons. The number of para-hydroxylation sites is 2. The van der Waals surface area contributed by atoms with Crippen LogP contribution < -0.4 is 4.74 Å². The first-order chi connectivity index (χ1) is 17.8. The van der Waals surface area contributed by atoms with E-state index in [2.05, 4.69) is 109 Å². The topological polar surface area (TPSA) is 37.4 Å². The van der Waals surface area contributed by atoms with Crippen LogP contribution in [0.4, 0.5) is 0 Å². The van der Waals surface area contributed by atoms with Gasteiger partial charge < -0.3 is 9.72 Å². The van der Waals surface area contributed by atoms with Crippen LogP contribution in [0.15, 0.2) is 120 Å². The molecule has 0 aliphatic carbocycles. The molecule has 176 valence electrons. The van der Waals surface area contributed by atoms with Crippen molar-refractivity contribution in [1.29, 1.82) is 0 Å². The number of aliphatic imine (C=N–C) groups is 1. The van der Waals surface area contributed by atoms with Crippen molar-refractivity contribution in [2.75, 3.05) is 6.54 Å². The van der Waals surface area contributed by atoms with Gasteiger partial charge in [0.1, 0.15) is 11.5 Å². The number of nitrogens with one attached hydrogen (secondary N) is 1. The lowest BCUT2D eigenvalue weighted by Gasteiger charge is -2.30. The second-order valence-electron chi connectivity index (χ2n) is 9.22. The largest absolute Gasteiger partial charge is 0.456 e. The van der Waals surface area contributed by atoms with E-state index in [1.165, 1.54) is 33.2 Å². The van der Waals surface area contributed by atoms with Crippen LogP contribution in [0, 0.1) is 6.92 Å². The van der Waals surface area contributed by atoms with E-state index in [1.807, 2.05) is 18.3 Å². The molecule has 5 aromatic rings. The van der Waals surface area contributed by atoms with Crippen LogP contribution in [0.5, 0.6) is 5.75 Å². The molecule has 36 heavy (non-hydrogen) atoms. The van der Waals surface area contributed by atoms with Crippen LogP contribution in [0.25, 0.3) is 16.7 Å². The number of aromatic amines is 1. The maximum atomic E-state index is 6.57. The number of aromatic nitrogens is 1. The maximum Gasteiger partial charge on any atom is 0.140 e. The Morgan fingerprint density at radius 3 is 2.39 bits per heavy atom. The molecule has 1 aliphatic rings. The minimum absolute atomic E-state index is 0.0446. The molecule has 0 amide bonds. The van der Waals surface area contributed by atoms with Crippen LogP contribution in [-0.2, 0) is 6.42 Å². The van der Waals surface area contributed by atoms with Crippen molar-refractivity contribution >= 4 is 22.9 Å². The van der Waals surface area contributed by atoms with Gasteiger partial charge in [-0.05, 0) is 42.2 Å². The average Bonchev–Trinajstić information content (AvgIpc) is 3.34. The molecule has 0 bridgehead atoms. The van der Waals surface area contributed by atoms with E-state index in [0.717, 1.165) is 29.1 Å². The molecule has 1 aliphatic heterocycles. The van der Waals surface area contributed by atoms with Crippen LogP contribution in [0.3, 0.4) is 0 Å². The SMILES string of the molecule is Cc1ccccc1[C@@H]1C(C=NCCc2c[nH]c3ccccc23)=C(c2ccccc2)Oc2ccccc21. The van der Waals surface area contributed by atoms with Crippen LogP contribution in [0.2, 0.25) is 0 Å². The molecule has 0 saturated carbocycles. The molecule has 2 heterocycles. The number of hydrogen-bond donors (Lipinski definition) is 1. The van der Waals surface area contributed by atoms with Crippen molar-refractivity contribution in [3.05, 3.63) is 143 Å². The van der Waals surface area contributed by atoms with Crippen molar-refractivity contribution < 1.29 is 4.74 Å². The highest BCUT2D eigenvalue weighted by Crippen LogP contribution is 2.45. The smallest absolute Gasteiger partial charge is 0.140 e. The number of rotatable bonds is 6. The third-order valence-electron chi connectivity index (χ3n) is 6.97. The van der Waals surface area contributed by atoms with E-state index < -0.39 is 0 Å². The molecule has 0 spiro atoms. The number of aryl methyl sites for hydroxylation is 1. The van der Waals surface area contributed by atoms with Crippen LogP contribution in [-0.4, -0.2) is 17.7 Å². The van der Waals surface area contributed by atoms with E-state index in [9.17, 15) is 0 Å². The molecule has 0 fully saturated rings.